The normalized spacial score (nSPS) is 17.8. The molecule has 162 valence electrons. The summed E-state index contributed by atoms with van der Waals surface area (Å²) < 4.78 is 24.3. The predicted molar refractivity (Wildman–Crippen MR) is 116 cm³/mol. The first-order valence-electron chi connectivity index (χ1n) is 10.7. The highest BCUT2D eigenvalue weighted by Gasteiger charge is 2.24. The molecule has 0 bridgehead atoms. The van der Waals surface area contributed by atoms with Crippen LogP contribution in [0.4, 0.5) is 0 Å². The Kier molecular flexibility index (Phi) is 5.16. The van der Waals surface area contributed by atoms with E-state index in [1.165, 1.54) is 5.56 Å². The minimum atomic E-state index is -0.114. The molecule has 1 unspecified atom stereocenters. The van der Waals surface area contributed by atoms with Gasteiger partial charge in [0, 0.05) is 29.3 Å². The van der Waals surface area contributed by atoms with Crippen LogP contribution in [0.3, 0.4) is 0 Å². The molecule has 0 amide bonds. The monoisotopic (exact) mass is 422 g/mol. The molecule has 4 heterocycles. The molecular formula is C24H26N2O5. The molecule has 2 aromatic heterocycles. The minimum absolute atomic E-state index is 0.0446. The highest BCUT2D eigenvalue weighted by atomic mass is 16.6. The number of rotatable bonds is 4. The van der Waals surface area contributed by atoms with Gasteiger partial charge in [0.2, 0.25) is 0 Å². The molecule has 0 spiro atoms. The molecule has 1 fully saturated rings. The number of benzene rings is 1. The molecule has 0 aliphatic carbocycles. The van der Waals surface area contributed by atoms with Crippen molar-refractivity contribution in [2.75, 3.05) is 26.4 Å². The smallest absolute Gasteiger partial charge is 0.254 e. The Hall–Kier alpha value is -2.90. The van der Waals surface area contributed by atoms with Crippen molar-refractivity contribution in [1.29, 1.82) is 0 Å². The van der Waals surface area contributed by atoms with E-state index in [-0.39, 0.29) is 11.7 Å². The Morgan fingerprint density at radius 3 is 2.81 bits per heavy atom. The quantitative estimate of drug-likeness (QED) is 0.641. The van der Waals surface area contributed by atoms with E-state index in [0.717, 1.165) is 45.8 Å². The van der Waals surface area contributed by atoms with Crippen LogP contribution in [0.1, 0.15) is 22.6 Å². The van der Waals surface area contributed by atoms with Gasteiger partial charge in [0.1, 0.15) is 24.2 Å². The van der Waals surface area contributed by atoms with Crippen LogP contribution in [0.2, 0.25) is 0 Å². The first-order valence-corrected chi connectivity index (χ1v) is 10.7. The first-order chi connectivity index (χ1) is 15.0. The summed E-state index contributed by atoms with van der Waals surface area (Å²) in [5.41, 5.74) is 7.12. The summed E-state index contributed by atoms with van der Waals surface area (Å²) in [7, 11) is 0. The molecule has 1 saturated heterocycles. The zero-order valence-electron chi connectivity index (χ0n) is 18.1. The molecule has 5 rings (SSSR count). The van der Waals surface area contributed by atoms with E-state index < -0.39 is 0 Å². The van der Waals surface area contributed by atoms with E-state index in [1.54, 1.807) is 6.07 Å². The number of hydrogen-bond acceptors (Lipinski definition) is 6. The second-order valence-electron chi connectivity index (χ2n) is 8.17. The highest BCUT2D eigenvalue weighted by molar-refractivity contribution is 5.77. The van der Waals surface area contributed by atoms with Crippen LogP contribution in [0, 0.1) is 20.8 Å². The number of fused-ring (bicyclic) bond motifs is 3. The zero-order chi connectivity index (χ0) is 21.5. The Morgan fingerprint density at radius 2 is 2.06 bits per heavy atom. The molecule has 7 heteroatoms. The van der Waals surface area contributed by atoms with Crippen molar-refractivity contribution in [1.82, 2.24) is 9.72 Å². The van der Waals surface area contributed by atoms with Gasteiger partial charge >= 0.3 is 0 Å². The van der Waals surface area contributed by atoms with E-state index in [0.29, 0.717) is 38.7 Å². The lowest BCUT2D eigenvalue weighted by Gasteiger charge is -2.27. The lowest BCUT2D eigenvalue weighted by atomic mass is 9.91. The fourth-order valence-electron chi connectivity index (χ4n) is 4.58. The van der Waals surface area contributed by atoms with Gasteiger partial charge in [0.25, 0.3) is 5.56 Å². The van der Waals surface area contributed by atoms with Crippen molar-refractivity contribution in [3.05, 3.63) is 57.2 Å². The average Bonchev–Trinajstić information content (AvgIpc) is 3.12. The lowest BCUT2D eigenvalue weighted by molar-refractivity contribution is -0.101. The van der Waals surface area contributed by atoms with Crippen molar-refractivity contribution >= 4 is 0 Å². The van der Waals surface area contributed by atoms with E-state index in [4.69, 9.17) is 18.7 Å². The second kappa shape index (κ2) is 7.98. The first kappa shape index (κ1) is 20.0. The van der Waals surface area contributed by atoms with Crippen LogP contribution in [-0.2, 0) is 22.4 Å². The van der Waals surface area contributed by atoms with Crippen LogP contribution in [-0.4, -0.2) is 42.3 Å². The third-order valence-electron chi connectivity index (χ3n) is 6.11. The highest BCUT2D eigenvalue weighted by Crippen LogP contribution is 2.37. The molecule has 31 heavy (non-hydrogen) atoms. The standard InChI is InChI=1S/C24H26N2O5/c1-14-21(30-13-19-12-28-8-9-29-19)11-22(27)26-7-6-17-10-18(4-5-20(17)24(14)26)23-15(2)25-31-16(23)3/h4-5,10-11,19H,6-9,12-13H2,1-3H3. The summed E-state index contributed by atoms with van der Waals surface area (Å²) in [4.78, 5) is 12.8. The van der Waals surface area contributed by atoms with Crippen LogP contribution in [0.15, 0.2) is 33.6 Å². The van der Waals surface area contributed by atoms with Gasteiger partial charge in [0.05, 0.1) is 31.2 Å². The van der Waals surface area contributed by atoms with Crippen LogP contribution in [0.5, 0.6) is 5.75 Å². The molecule has 0 radical (unpaired) electrons. The van der Waals surface area contributed by atoms with Gasteiger partial charge in [-0.15, -0.1) is 0 Å². The molecule has 2 aliphatic heterocycles. The molecule has 2 aliphatic rings. The summed E-state index contributed by atoms with van der Waals surface area (Å²) in [6, 6.07) is 7.95. The van der Waals surface area contributed by atoms with E-state index in [1.807, 2.05) is 25.3 Å². The molecular weight excluding hydrogens is 396 g/mol. The molecule has 0 N–H and O–H groups in total. The fraction of sp³-hybridized carbons (Fsp3) is 0.417. The number of hydrogen-bond donors (Lipinski definition) is 0. The van der Waals surface area contributed by atoms with Gasteiger partial charge < -0.3 is 23.3 Å². The summed E-state index contributed by atoms with van der Waals surface area (Å²) in [6.45, 7) is 8.59. The number of pyridine rings is 1. The Morgan fingerprint density at radius 1 is 1.19 bits per heavy atom. The number of aryl methyl sites for hydroxylation is 3. The number of aromatic nitrogens is 2. The largest absolute Gasteiger partial charge is 0.490 e. The Balaban J connectivity index is 1.51. The van der Waals surface area contributed by atoms with E-state index in [9.17, 15) is 4.79 Å². The van der Waals surface area contributed by atoms with E-state index >= 15 is 0 Å². The van der Waals surface area contributed by atoms with Crippen molar-refractivity contribution in [3.8, 4) is 28.1 Å². The Bertz CT molecular complexity index is 1170. The van der Waals surface area contributed by atoms with Crippen LogP contribution < -0.4 is 10.3 Å². The van der Waals surface area contributed by atoms with Gasteiger partial charge in [-0.1, -0.05) is 23.4 Å². The van der Waals surface area contributed by atoms with Gasteiger partial charge in [-0.05, 0) is 38.3 Å². The maximum absolute atomic E-state index is 12.8. The zero-order valence-corrected chi connectivity index (χ0v) is 18.1. The van der Waals surface area contributed by atoms with Crippen molar-refractivity contribution in [3.63, 3.8) is 0 Å². The molecule has 1 atom stereocenters. The Labute approximate surface area is 180 Å². The minimum Gasteiger partial charge on any atom is -0.490 e. The van der Waals surface area contributed by atoms with E-state index in [2.05, 4.69) is 23.4 Å². The van der Waals surface area contributed by atoms with Gasteiger partial charge in [0.15, 0.2) is 0 Å². The number of ether oxygens (including phenoxy) is 3. The fourth-order valence-corrected chi connectivity index (χ4v) is 4.58. The second-order valence-corrected chi connectivity index (χ2v) is 8.17. The average molecular weight is 422 g/mol. The van der Waals surface area contributed by atoms with Crippen molar-refractivity contribution in [2.45, 2.75) is 39.8 Å². The van der Waals surface area contributed by atoms with Gasteiger partial charge in [-0.3, -0.25) is 4.79 Å². The summed E-state index contributed by atoms with van der Waals surface area (Å²) >= 11 is 0. The van der Waals surface area contributed by atoms with Gasteiger partial charge in [-0.2, -0.15) is 0 Å². The third kappa shape index (κ3) is 3.58. The lowest BCUT2D eigenvalue weighted by Crippen LogP contribution is -2.34. The predicted octanol–water partition coefficient (Wildman–Crippen LogP) is 3.45. The van der Waals surface area contributed by atoms with Gasteiger partial charge in [-0.25, -0.2) is 0 Å². The van der Waals surface area contributed by atoms with Crippen molar-refractivity contribution in [2.24, 2.45) is 0 Å². The maximum Gasteiger partial charge on any atom is 0.254 e. The van der Waals surface area contributed by atoms with Crippen molar-refractivity contribution < 1.29 is 18.7 Å². The molecule has 0 saturated carbocycles. The van der Waals surface area contributed by atoms with Crippen LogP contribution >= 0.6 is 0 Å². The maximum atomic E-state index is 12.8. The molecule has 1 aromatic carbocycles. The molecule has 3 aromatic rings. The number of nitrogens with zero attached hydrogens (tertiary/aromatic N) is 2. The summed E-state index contributed by atoms with van der Waals surface area (Å²) in [5.74, 6) is 1.42. The molecule has 7 nitrogen and oxygen atoms in total. The SMILES string of the molecule is Cc1noc(C)c1-c1ccc2c(c1)CCn1c-2c(C)c(OCC2COCCO2)cc1=O. The topological polar surface area (TPSA) is 75.7 Å². The third-order valence-corrected chi connectivity index (χ3v) is 6.11. The summed E-state index contributed by atoms with van der Waals surface area (Å²) in [5, 5.41) is 4.08. The van der Waals surface area contributed by atoms with Crippen LogP contribution in [0.25, 0.3) is 22.4 Å². The summed E-state index contributed by atoms with van der Waals surface area (Å²) in [6.07, 6.45) is 0.684.